The first-order chi connectivity index (χ1) is 15.5. The van der Waals surface area contributed by atoms with Crippen LogP contribution in [0.15, 0.2) is 63.2 Å². The number of carbonyl (C=O) groups is 1. The molecular weight excluding hydrogens is 464 g/mol. The Morgan fingerprint density at radius 1 is 0.906 bits per heavy atom. The summed E-state index contributed by atoms with van der Waals surface area (Å²) in [5.74, 6) is 0.0281. The highest BCUT2D eigenvalue weighted by molar-refractivity contribution is 7.97. The predicted octanol–water partition coefficient (Wildman–Crippen LogP) is 6.10. The van der Waals surface area contributed by atoms with Crippen LogP contribution in [0.4, 0.5) is 0 Å². The molecule has 0 aliphatic heterocycles. The van der Waals surface area contributed by atoms with Gasteiger partial charge in [-0.3, -0.25) is 9.52 Å². The summed E-state index contributed by atoms with van der Waals surface area (Å²) in [5, 5.41) is 18.7. The van der Waals surface area contributed by atoms with Gasteiger partial charge in [-0.25, -0.2) is 0 Å². The Labute approximate surface area is 198 Å². The smallest absolute Gasteiger partial charge is 0.246 e. The summed E-state index contributed by atoms with van der Waals surface area (Å²) in [6.07, 6.45) is 0.748. The molecule has 9 heteroatoms. The van der Waals surface area contributed by atoms with Gasteiger partial charge in [-0.05, 0) is 65.0 Å². The highest BCUT2D eigenvalue weighted by Crippen LogP contribution is 2.46. The Balaban J connectivity index is 1.66. The number of amides is 1. The molecule has 4 aromatic rings. The van der Waals surface area contributed by atoms with E-state index in [2.05, 4.69) is 16.6 Å². The molecule has 0 saturated carbocycles. The molecule has 0 atom stereocenters. The molecule has 4 rings (SSSR count). The lowest BCUT2D eigenvalue weighted by atomic mass is 9.94. The fraction of sp³-hybridized carbons (Fsp3) is 0.174. The van der Waals surface area contributed by atoms with E-state index in [0.717, 1.165) is 43.6 Å². The van der Waals surface area contributed by atoms with E-state index >= 15 is 0 Å². The lowest BCUT2D eigenvalue weighted by Crippen LogP contribution is -2.26. The SMILES string of the molecule is C=C(C)C(=O)NCCCNSc1cc(O)c2ccc3c(SO)cc(SO)c4ccc1c2c34. The summed E-state index contributed by atoms with van der Waals surface area (Å²) >= 11 is 2.71. The summed E-state index contributed by atoms with van der Waals surface area (Å²) < 4.78 is 22.9. The van der Waals surface area contributed by atoms with Crippen LogP contribution >= 0.6 is 36.0 Å². The van der Waals surface area contributed by atoms with Gasteiger partial charge in [0.15, 0.2) is 0 Å². The number of nitrogens with one attached hydrogen (secondary N) is 2. The predicted molar refractivity (Wildman–Crippen MR) is 135 cm³/mol. The largest absolute Gasteiger partial charge is 0.507 e. The van der Waals surface area contributed by atoms with Crippen LogP contribution in [-0.4, -0.2) is 33.2 Å². The molecule has 1 amide bonds. The highest BCUT2D eigenvalue weighted by atomic mass is 32.2. The van der Waals surface area contributed by atoms with E-state index in [1.165, 1.54) is 11.9 Å². The molecular formula is C23H22N2O4S3. The van der Waals surface area contributed by atoms with Gasteiger partial charge in [-0.1, -0.05) is 24.8 Å². The van der Waals surface area contributed by atoms with Crippen LogP contribution < -0.4 is 10.0 Å². The number of rotatable bonds is 9. The van der Waals surface area contributed by atoms with Crippen molar-refractivity contribution in [2.45, 2.75) is 28.0 Å². The molecule has 0 unspecified atom stereocenters. The van der Waals surface area contributed by atoms with E-state index in [1.807, 2.05) is 24.3 Å². The van der Waals surface area contributed by atoms with Crippen molar-refractivity contribution in [3.63, 3.8) is 0 Å². The lowest BCUT2D eigenvalue weighted by Gasteiger charge is -2.17. The summed E-state index contributed by atoms with van der Waals surface area (Å²) in [6, 6.07) is 11.2. The topological polar surface area (TPSA) is 102 Å². The fourth-order valence-electron chi connectivity index (χ4n) is 3.76. The average Bonchev–Trinajstić information content (AvgIpc) is 2.80. The maximum atomic E-state index is 11.5. The molecule has 0 aliphatic carbocycles. The minimum Gasteiger partial charge on any atom is -0.507 e. The van der Waals surface area contributed by atoms with Crippen LogP contribution in [0.25, 0.3) is 32.3 Å². The molecule has 166 valence electrons. The number of phenolic OH excluding ortho intramolecular Hbond substituents is 1. The van der Waals surface area contributed by atoms with Gasteiger partial charge in [0.05, 0.1) is 0 Å². The second kappa shape index (κ2) is 9.78. The Hall–Kier alpha value is -2.14. The van der Waals surface area contributed by atoms with Crippen LogP contribution in [0.2, 0.25) is 0 Å². The minimum atomic E-state index is -0.143. The van der Waals surface area contributed by atoms with Gasteiger partial charge in [-0.15, -0.1) is 0 Å². The molecule has 5 N–H and O–H groups in total. The first kappa shape index (κ1) is 23.0. The van der Waals surface area contributed by atoms with Crippen molar-refractivity contribution in [3.05, 3.63) is 48.6 Å². The number of carbonyl (C=O) groups excluding carboxylic acids is 1. The molecule has 0 fully saturated rings. The molecule has 0 spiro atoms. The molecule has 0 aromatic heterocycles. The molecule has 0 aliphatic rings. The first-order valence-corrected chi connectivity index (χ1v) is 12.3. The highest BCUT2D eigenvalue weighted by Gasteiger charge is 2.18. The number of benzene rings is 4. The lowest BCUT2D eigenvalue weighted by molar-refractivity contribution is -0.117. The van der Waals surface area contributed by atoms with Crippen LogP contribution in [-0.2, 0) is 4.79 Å². The van der Waals surface area contributed by atoms with E-state index in [1.54, 1.807) is 19.1 Å². The Morgan fingerprint density at radius 2 is 1.47 bits per heavy atom. The van der Waals surface area contributed by atoms with Gasteiger partial charge in [0.2, 0.25) is 5.91 Å². The molecule has 32 heavy (non-hydrogen) atoms. The van der Waals surface area contributed by atoms with Crippen molar-refractivity contribution in [1.29, 1.82) is 0 Å². The third-order valence-electron chi connectivity index (χ3n) is 5.27. The Kier molecular flexibility index (Phi) is 7.04. The number of aromatic hydroxyl groups is 1. The van der Waals surface area contributed by atoms with Crippen molar-refractivity contribution < 1.29 is 19.0 Å². The number of phenols is 1. The van der Waals surface area contributed by atoms with Crippen molar-refractivity contribution in [3.8, 4) is 5.75 Å². The van der Waals surface area contributed by atoms with Gasteiger partial charge in [0, 0.05) is 68.2 Å². The summed E-state index contributed by atoms with van der Waals surface area (Å²) in [5.41, 5.74) is 0.488. The second-order valence-corrected chi connectivity index (χ2v) is 9.58. The van der Waals surface area contributed by atoms with Gasteiger partial charge in [0.25, 0.3) is 0 Å². The molecule has 0 bridgehead atoms. The second-order valence-electron chi connectivity index (χ2n) is 7.41. The molecule has 4 aromatic carbocycles. The third-order valence-corrected chi connectivity index (χ3v) is 7.25. The average molecular weight is 487 g/mol. The molecule has 6 nitrogen and oxygen atoms in total. The number of hydrogen-bond acceptors (Lipinski definition) is 8. The third kappa shape index (κ3) is 4.24. The van der Waals surface area contributed by atoms with E-state index in [9.17, 15) is 19.0 Å². The zero-order chi connectivity index (χ0) is 22.8. The maximum absolute atomic E-state index is 11.5. The van der Waals surface area contributed by atoms with E-state index in [-0.39, 0.29) is 11.7 Å². The maximum Gasteiger partial charge on any atom is 0.246 e. The van der Waals surface area contributed by atoms with Gasteiger partial charge in [-0.2, -0.15) is 0 Å². The summed E-state index contributed by atoms with van der Waals surface area (Å²) in [7, 11) is 0. The van der Waals surface area contributed by atoms with Gasteiger partial charge < -0.3 is 19.5 Å². The van der Waals surface area contributed by atoms with E-state index in [0.29, 0.717) is 52.5 Å². The summed E-state index contributed by atoms with van der Waals surface area (Å²) in [6.45, 7) is 6.51. The first-order valence-electron chi connectivity index (χ1n) is 9.90. The standard InChI is InChI=1S/C23H22N2O4S3/c1-12(2)23(27)24-8-3-9-25-30-18-10-17(26)13-4-5-15-19(31-28)11-20(32-29)16-7-6-14(18)21(13)22(15)16/h4-7,10-11,25-26,28-29H,1,3,8-9H2,2H3,(H,24,27). The van der Waals surface area contributed by atoms with Crippen LogP contribution in [0.3, 0.4) is 0 Å². The van der Waals surface area contributed by atoms with Crippen LogP contribution in [0.1, 0.15) is 13.3 Å². The Bertz CT molecular complexity index is 1300. The van der Waals surface area contributed by atoms with Gasteiger partial charge in [0.1, 0.15) is 5.75 Å². The monoisotopic (exact) mass is 486 g/mol. The fourth-order valence-corrected chi connectivity index (χ4v) is 5.56. The zero-order valence-electron chi connectivity index (χ0n) is 17.3. The van der Waals surface area contributed by atoms with Crippen LogP contribution in [0.5, 0.6) is 5.75 Å². The zero-order valence-corrected chi connectivity index (χ0v) is 19.7. The van der Waals surface area contributed by atoms with Gasteiger partial charge >= 0.3 is 0 Å². The normalized spacial score (nSPS) is 11.6. The number of hydrogen-bond donors (Lipinski definition) is 5. The molecule has 0 saturated heterocycles. The Morgan fingerprint density at radius 3 is 2.06 bits per heavy atom. The van der Waals surface area contributed by atoms with Crippen molar-refractivity contribution in [2.24, 2.45) is 0 Å². The van der Waals surface area contributed by atoms with Crippen LogP contribution in [0, 0.1) is 0 Å². The molecule has 0 heterocycles. The quantitative estimate of drug-likeness (QED) is 0.0636. The molecule has 0 radical (unpaired) electrons. The van der Waals surface area contributed by atoms with Crippen molar-refractivity contribution >= 4 is 74.3 Å². The minimum absolute atomic E-state index is 0.143. The van der Waals surface area contributed by atoms with E-state index in [4.69, 9.17) is 0 Å². The summed E-state index contributed by atoms with van der Waals surface area (Å²) in [4.78, 5) is 13.7. The van der Waals surface area contributed by atoms with E-state index < -0.39 is 0 Å². The van der Waals surface area contributed by atoms with Crippen molar-refractivity contribution in [1.82, 2.24) is 10.0 Å². The van der Waals surface area contributed by atoms with Crippen molar-refractivity contribution in [2.75, 3.05) is 13.1 Å².